The van der Waals surface area contributed by atoms with Crippen LogP contribution >= 0.6 is 11.3 Å². The summed E-state index contributed by atoms with van der Waals surface area (Å²) in [4.78, 5) is 0. The Hall–Kier alpha value is -0.760. The van der Waals surface area contributed by atoms with E-state index in [1.165, 1.54) is 11.3 Å². The minimum absolute atomic E-state index is 0.177. The fourth-order valence-electron chi connectivity index (χ4n) is 2.31. The molecule has 0 spiro atoms. The quantitative estimate of drug-likeness (QED) is 0.772. The van der Waals surface area contributed by atoms with Gasteiger partial charge in [-0.2, -0.15) is 0 Å². The molecule has 1 aromatic rings. The Kier molecular flexibility index (Phi) is 6.15. The normalized spacial score (nSPS) is 26.6. The van der Waals surface area contributed by atoms with Crippen molar-refractivity contribution in [2.24, 2.45) is 0 Å². The van der Waals surface area contributed by atoms with E-state index in [1.807, 2.05) is 0 Å². The fourth-order valence-corrected chi connectivity index (χ4v) is 3.03. The lowest BCUT2D eigenvalue weighted by molar-refractivity contribution is -0.0722. The third kappa shape index (κ3) is 4.97. The number of methoxy groups -OCH3 is 1. The first-order valence-corrected chi connectivity index (χ1v) is 7.83. The summed E-state index contributed by atoms with van der Waals surface area (Å²) in [6.45, 7) is 6.36. The van der Waals surface area contributed by atoms with Crippen LogP contribution < -0.4 is 10.1 Å². The molecular weight excluding hydrogens is 278 g/mol. The Balaban J connectivity index is 1.77. The van der Waals surface area contributed by atoms with Crippen LogP contribution in [0.4, 0.5) is 0 Å². The largest absolute Gasteiger partial charge is 0.465 e. The molecule has 2 heterocycles. The van der Waals surface area contributed by atoms with Crippen molar-refractivity contribution in [1.82, 2.24) is 15.5 Å². The number of rotatable bonds is 7. The summed E-state index contributed by atoms with van der Waals surface area (Å²) in [5.41, 5.74) is 0. The van der Waals surface area contributed by atoms with Crippen LogP contribution in [0.15, 0.2) is 0 Å². The van der Waals surface area contributed by atoms with Crippen LogP contribution in [-0.4, -0.2) is 48.8 Å². The fraction of sp³-hybridized carbons (Fsp3) is 0.846. The molecule has 0 aromatic carbocycles. The Morgan fingerprint density at radius 3 is 2.75 bits per heavy atom. The average Bonchev–Trinajstić information content (AvgIpc) is 2.81. The summed E-state index contributed by atoms with van der Waals surface area (Å²) in [6.07, 6.45) is 2.48. The maximum absolute atomic E-state index is 5.92. The number of hydrogen-bond donors (Lipinski definition) is 1. The molecule has 1 saturated heterocycles. The number of hydrogen-bond acceptors (Lipinski definition) is 7. The average molecular weight is 301 g/mol. The monoisotopic (exact) mass is 301 g/mol. The molecule has 1 fully saturated rings. The van der Waals surface area contributed by atoms with Gasteiger partial charge in [-0.15, -0.1) is 5.10 Å². The summed E-state index contributed by atoms with van der Waals surface area (Å²) in [5.74, 6) is 0. The van der Waals surface area contributed by atoms with E-state index < -0.39 is 0 Å². The molecule has 1 N–H and O–H groups in total. The standard InChI is InChI=1S/C13H23N3O3S/c1-9-6-11(7-10(2)18-9)19-13-16-15-12(20-13)8-14-4-5-17-3/h9-11,14H,4-8H2,1-3H3. The maximum atomic E-state index is 5.92. The predicted octanol–water partition coefficient (Wildman–Crippen LogP) is 1.61. The molecule has 1 aliphatic heterocycles. The number of ether oxygens (including phenoxy) is 3. The van der Waals surface area contributed by atoms with Crippen molar-refractivity contribution < 1.29 is 14.2 Å². The molecule has 1 aromatic heterocycles. The second-order valence-electron chi connectivity index (χ2n) is 5.10. The van der Waals surface area contributed by atoms with Gasteiger partial charge in [0.05, 0.1) is 18.8 Å². The van der Waals surface area contributed by atoms with E-state index >= 15 is 0 Å². The van der Waals surface area contributed by atoms with Gasteiger partial charge in [-0.05, 0) is 13.8 Å². The minimum Gasteiger partial charge on any atom is -0.465 e. The van der Waals surface area contributed by atoms with Crippen LogP contribution in [0.1, 0.15) is 31.7 Å². The van der Waals surface area contributed by atoms with E-state index in [1.54, 1.807) is 7.11 Å². The van der Waals surface area contributed by atoms with Crippen LogP contribution in [0, 0.1) is 0 Å². The zero-order chi connectivity index (χ0) is 14.4. The summed E-state index contributed by atoms with van der Waals surface area (Å²) in [6, 6.07) is 0. The molecule has 7 heteroatoms. The first-order valence-electron chi connectivity index (χ1n) is 7.01. The molecule has 114 valence electrons. The van der Waals surface area contributed by atoms with E-state index in [0.29, 0.717) is 18.3 Å². The van der Waals surface area contributed by atoms with Crippen molar-refractivity contribution in [2.75, 3.05) is 20.3 Å². The predicted molar refractivity (Wildman–Crippen MR) is 77.2 cm³/mol. The number of aromatic nitrogens is 2. The highest BCUT2D eigenvalue weighted by molar-refractivity contribution is 7.13. The minimum atomic E-state index is 0.177. The number of nitrogens with one attached hydrogen (secondary N) is 1. The lowest BCUT2D eigenvalue weighted by Crippen LogP contribution is -2.35. The lowest BCUT2D eigenvalue weighted by atomic mass is 10.0. The highest BCUT2D eigenvalue weighted by Gasteiger charge is 2.26. The van der Waals surface area contributed by atoms with Crippen molar-refractivity contribution >= 4 is 11.3 Å². The van der Waals surface area contributed by atoms with Crippen LogP contribution in [0.3, 0.4) is 0 Å². The second kappa shape index (κ2) is 7.87. The molecule has 2 unspecified atom stereocenters. The zero-order valence-corrected chi connectivity index (χ0v) is 13.1. The van der Waals surface area contributed by atoms with Gasteiger partial charge in [0.1, 0.15) is 11.1 Å². The Labute approximate surface area is 123 Å². The van der Waals surface area contributed by atoms with E-state index in [-0.39, 0.29) is 18.3 Å². The van der Waals surface area contributed by atoms with Gasteiger partial charge in [0.15, 0.2) is 0 Å². The lowest BCUT2D eigenvalue weighted by Gasteiger charge is -2.31. The van der Waals surface area contributed by atoms with Crippen LogP contribution in [0.2, 0.25) is 0 Å². The molecule has 0 amide bonds. The first-order chi connectivity index (χ1) is 9.67. The maximum Gasteiger partial charge on any atom is 0.294 e. The van der Waals surface area contributed by atoms with E-state index in [4.69, 9.17) is 14.2 Å². The second-order valence-corrected chi connectivity index (χ2v) is 6.12. The highest BCUT2D eigenvalue weighted by Crippen LogP contribution is 2.26. The smallest absolute Gasteiger partial charge is 0.294 e. The summed E-state index contributed by atoms with van der Waals surface area (Å²) in [5, 5.41) is 13.0. The van der Waals surface area contributed by atoms with Gasteiger partial charge in [-0.1, -0.05) is 16.4 Å². The molecule has 0 aliphatic carbocycles. The SMILES string of the molecule is COCCNCc1nnc(OC2CC(C)OC(C)C2)s1. The molecule has 2 rings (SSSR count). The zero-order valence-electron chi connectivity index (χ0n) is 12.3. The van der Waals surface area contributed by atoms with E-state index in [0.717, 1.165) is 24.4 Å². The summed E-state index contributed by atoms with van der Waals surface area (Å²) in [7, 11) is 1.69. The molecule has 0 bridgehead atoms. The molecular formula is C13H23N3O3S. The van der Waals surface area contributed by atoms with Gasteiger partial charge in [0.2, 0.25) is 0 Å². The topological polar surface area (TPSA) is 65.5 Å². The van der Waals surface area contributed by atoms with Crippen LogP contribution in [0.25, 0.3) is 0 Å². The molecule has 6 nitrogen and oxygen atoms in total. The van der Waals surface area contributed by atoms with Crippen molar-refractivity contribution in [3.8, 4) is 5.19 Å². The third-order valence-electron chi connectivity index (χ3n) is 3.13. The molecule has 0 radical (unpaired) electrons. The van der Waals surface area contributed by atoms with Crippen molar-refractivity contribution in [1.29, 1.82) is 0 Å². The van der Waals surface area contributed by atoms with Gasteiger partial charge >= 0.3 is 0 Å². The van der Waals surface area contributed by atoms with E-state index in [9.17, 15) is 0 Å². The Morgan fingerprint density at radius 1 is 1.30 bits per heavy atom. The van der Waals surface area contributed by atoms with Crippen LogP contribution in [0.5, 0.6) is 5.19 Å². The molecule has 2 atom stereocenters. The molecule has 20 heavy (non-hydrogen) atoms. The Bertz CT molecular complexity index is 392. The Morgan fingerprint density at radius 2 is 2.05 bits per heavy atom. The van der Waals surface area contributed by atoms with Crippen molar-refractivity contribution in [2.45, 2.75) is 51.5 Å². The van der Waals surface area contributed by atoms with Gasteiger partial charge in [0.25, 0.3) is 5.19 Å². The van der Waals surface area contributed by atoms with Gasteiger partial charge in [0, 0.05) is 33.0 Å². The van der Waals surface area contributed by atoms with Gasteiger partial charge in [-0.3, -0.25) is 0 Å². The third-order valence-corrected chi connectivity index (χ3v) is 3.94. The summed E-state index contributed by atoms with van der Waals surface area (Å²) < 4.78 is 16.6. The van der Waals surface area contributed by atoms with Crippen LogP contribution in [-0.2, 0) is 16.0 Å². The number of nitrogens with zero attached hydrogens (tertiary/aromatic N) is 2. The molecule has 0 saturated carbocycles. The summed E-state index contributed by atoms with van der Waals surface area (Å²) >= 11 is 1.50. The van der Waals surface area contributed by atoms with E-state index in [2.05, 4.69) is 29.4 Å². The van der Waals surface area contributed by atoms with Gasteiger partial charge < -0.3 is 19.5 Å². The highest BCUT2D eigenvalue weighted by atomic mass is 32.1. The van der Waals surface area contributed by atoms with Gasteiger partial charge in [-0.25, -0.2) is 0 Å². The molecule has 1 aliphatic rings. The first kappa shape index (κ1) is 15.6. The van der Waals surface area contributed by atoms with Crippen molar-refractivity contribution in [3.05, 3.63) is 5.01 Å². The van der Waals surface area contributed by atoms with Crippen molar-refractivity contribution in [3.63, 3.8) is 0 Å².